The van der Waals surface area contributed by atoms with Gasteiger partial charge < -0.3 is 15.0 Å². The van der Waals surface area contributed by atoms with Crippen molar-refractivity contribution in [2.75, 3.05) is 33.9 Å². The number of carbonyl (C=O) groups excluding carboxylic acids is 1. The predicted molar refractivity (Wildman–Crippen MR) is 104 cm³/mol. The van der Waals surface area contributed by atoms with Crippen molar-refractivity contribution in [3.63, 3.8) is 0 Å². The largest absolute Gasteiger partial charge is 0.381 e. The molecule has 1 N–H and O–H groups in total. The highest BCUT2D eigenvalue weighted by atomic mass is 19.1. The molecular formula is C22H26F2N2O2. The topological polar surface area (TPSA) is 41.6 Å². The number of nitrogens with zero attached hydrogens (tertiary/aromatic N) is 1. The van der Waals surface area contributed by atoms with E-state index in [1.807, 2.05) is 25.1 Å². The molecule has 0 saturated carbocycles. The molecule has 0 radical (unpaired) electrons. The first-order chi connectivity index (χ1) is 13.4. The summed E-state index contributed by atoms with van der Waals surface area (Å²) in [6, 6.07) is 12.6. The molecule has 0 spiro atoms. The normalized spacial score (nSPS) is 17.3. The van der Waals surface area contributed by atoms with Crippen LogP contribution < -0.4 is 5.32 Å². The van der Waals surface area contributed by atoms with E-state index in [4.69, 9.17) is 4.74 Å². The minimum absolute atomic E-state index is 0.197. The second-order valence-corrected chi connectivity index (χ2v) is 7.42. The molecule has 1 aliphatic heterocycles. The minimum atomic E-state index is -0.956. The van der Waals surface area contributed by atoms with E-state index < -0.39 is 5.41 Å². The third kappa shape index (κ3) is 4.23. The zero-order chi connectivity index (χ0) is 20.1. The SMILES string of the molecule is CN(C)[C@H](CNC(=O)C1(c2ccccc2F)CCOCC1)c1cccc(F)c1. The summed E-state index contributed by atoms with van der Waals surface area (Å²) in [5.74, 6) is -0.916. The fraction of sp³-hybridized carbons (Fsp3) is 0.409. The van der Waals surface area contributed by atoms with Crippen LogP contribution in [0.1, 0.15) is 30.0 Å². The second kappa shape index (κ2) is 8.80. The highest BCUT2D eigenvalue weighted by molar-refractivity contribution is 5.88. The van der Waals surface area contributed by atoms with Gasteiger partial charge in [0.25, 0.3) is 0 Å². The smallest absolute Gasteiger partial charge is 0.231 e. The lowest BCUT2D eigenvalue weighted by Crippen LogP contribution is -2.50. The lowest BCUT2D eigenvalue weighted by molar-refractivity contribution is -0.130. The van der Waals surface area contributed by atoms with E-state index in [1.165, 1.54) is 18.2 Å². The molecule has 28 heavy (non-hydrogen) atoms. The molecule has 6 heteroatoms. The molecule has 0 aliphatic carbocycles. The monoisotopic (exact) mass is 388 g/mol. The number of benzene rings is 2. The van der Waals surface area contributed by atoms with E-state index in [9.17, 15) is 13.6 Å². The van der Waals surface area contributed by atoms with Crippen LogP contribution in [0.15, 0.2) is 48.5 Å². The molecule has 2 aromatic rings. The first-order valence-corrected chi connectivity index (χ1v) is 9.47. The second-order valence-electron chi connectivity index (χ2n) is 7.42. The maximum atomic E-state index is 14.5. The van der Waals surface area contributed by atoms with Gasteiger partial charge in [-0.05, 0) is 50.7 Å². The summed E-state index contributed by atoms with van der Waals surface area (Å²) in [5.41, 5.74) is 0.225. The van der Waals surface area contributed by atoms with Crippen LogP contribution in [0.2, 0.25) is 0 Å². The van der Waals surface area contributed by atoms with Crippen molar-refractivity contribution in [2.24, 2.45) is 0 Å². The Morgan fingerprint density at radius 1 is 1.14 bits per heavy atom. The molecule has 3 rings (SSSR count). The predicted octanol–water partition coefficient (Wildman–Crippen LogP) is 3.43. The van der Waals surface area contributed by atoms with Crippen LogP contribution >= 0.6 is 0 Å². The summed E-state index contributed by atoms with van der Waals surface area (Å²) >= 11 is 0. The lowest BCUT2D eigenvalue weighted by atomic mass is 9.73. The van der Waals surface area contributed by atoms with Crippen LogP contribution in [0.3, 0.4) is 0 Å². The maximum Gasteiger partial charge on any atom is 0.231 e. The summed E-state index contributed by atoms with van der Waals surface area (Å²) < 4.78 is 33.6. The number of likely N-dealkylation sites (N-methyl/N-ethyl adjacent to an activating group) is 1. The number of rotatable bonds is 6. The van der Waals surface area contributed by atoms with Crippen LogP contribution in [0.5, 0.6) is 0 Å². The van der Waals surface area contributed by atoms with Crippen molar-refractivity contribution in [3.8, 4) is 0 Å². The first kappa shape index (κ1) is 20.4. The Balaban J connectivity index is 1.83. The Morgan fingerprint density at radius 3 is 2.50 bits per heavy atom. The van der Waals surface area contributed by atoms with Crippen molar-refractivity contribution in [2.45, 2.75) is 24.3 Å². The lowest BCUT2D eigenvalue weighted by Gasteiger charge is -2.37. The Bertz CT molecular complexity index is 820. The van der Waals surface area contributed by atoms with E-state index in [0.29, 0.717) is 38.2 Å². The number of halogens is 2. The van der Waals surface area contributed by atoms with Crippen LogP contribution in [-0.4, -0.2) is 44.7 Å². The summed E-state index contributed by atoms with van der Waals surface area (Å²) in [6.07, 6.45) is 0.846. The van der Waals surface area contributed by atoms with Gasteiger partial charge in [0.2, 0.25) is 5.91 Å². The molecule has 0 bridgehead atoms. The Morgan fingerprint density at radius 2 is 1.86 bits per heavy atom. The molecule has 0 aromatic heterocycles. The summed E-state index contributed by atoms with van der Waals surface area (Å²) in [6.45, 7) is 1.11. The molecular weight excluding hydrogens is 362 g/mol. The van der Waals surface area contributed by atoms with Gasteiger partial charge in [-0.2, -0.15) is 0 Å². The van der Waals surface area contributed by atoms with Crippen molar-refractivity contribution in [1.82, 2.24) is 10.2 Å². The molecule has 4 nitrogen and oxygen atoms in total. The zero-order valence-electron chi connectivity index (χ0n) is 16.3. The van der Waals surface area contributed by atoms with Gasteiger partial charge in [0.1, 0.15) is 11.6 Å². The highest BCUT2D eigenvalue weighted by Gasteiger charge is 2.43. The molecule has 150 valence electrons. The summed E-state index contributed by atoms with van der Waals surface area (Å²) in [7, 11) is 3.76. The molecule has 1 amide bonds. The summed E-state index contributed by atoms with van der Waals surface area (Å²) in [5, 5.41) is 2.99. The number of amides is 1. The maximum absolute atomic E-state index is 14.5. The number of ether oxygens (including phenoxy) is 1. The first-order valence-electron chi connectivity index (χ1n) is 9.47. The standard InChI is InChI=1S/C22H26F2N2O2/c1-26(2)20(16-6-5-7-17(23)14-16)15-25-21(27)22(10-12-28-13-11-22)18-8-3-4-9-19(18)24/h3-9,14,20H,10-13,15H2,1-2H3,(H,25,27)/t20-/m1/s1. The number of carbonyl (C=O) groups is 1. The third-order valence-electron chi connectivity index (χ3n) is 5.48. The van der Waals surface area contributed by atoms with Crippen LogP contribution in [0.4, 0.5) is 8.78 Å². The average molecular weight is 388 g/mol. The van der Waals surface area contributed by atoms with Gasteiger partial charge in [-0.15, -0.1) is 0 Å². The van der Waals surface area contributed by atoms with Gasteiger partial charge in [0, 0.05) is 25.3 Å². The Kier molecular flexibility index (Phi) is 6.42. The minimum Gasteiger partial charge on any atom is -0.381 e. The van der Waals surface area contributed by atoms with Gasteiger partial charge in [0.15, 0.2) is 0 Å². The highest BCUT2D eigenvalue weighted by Crippen LogP contribution is 2.36. The molecule has 1 fully saturated rings. The summed E-state index contributed by atoms with van der Waals surface area (Å²) in [4.78, 5) is 15.2. The molecule has 1 atom stereocenters. The van der Waals surface area contributed by atoms with E-state index >= 15 is 0 Å². The fourth-order valence-electron chi connectivity index (χ4n) is 3.86. The number of hydrogen-bond acceptors (Lipinski definition) is 3. The van der Waals surface area contributed by atoms with Crippen LogP contribution in [0.25, 0.3) is 0 Å². The Labute approximate surface area is 164 Å². The number of nitrogens with one attached hydrogen (secondary N) is 1. The molecule has 0 unspecified atom stereocenters. The molecule has 2 aromatic carbocycles. The van der Waals surface area contributed by atoms with Gasteiger partial charge >= 0.3 is 0 Å². The molecule has 1 saturated heterocycles. The third-order valence-corrected chi connectivity index (χ3v) is 5.48. The Hall–Kier alpha value is -2.31. The van der Waals surface area contributed by atoms with E-state index in [-0.39, 0.29) is 23.6 Å². The van der Waals surface area contributed by atoms with E-state index in [2.05, 4.69) is 5.32 Å². The van der Waals surface area contributed by atoms with E-state index in [0.717, 1.165) is 5.56 Å². The van der Waals surface area contributed by atoms with Gasteiger partial charge in [-0.1, -0.05) is 30.3 Å². The van der Waals surface area contributed by atoms with Crippen molar-refractivity contribution in [1.29, 1.82) is 0 Å². The van der Waals surface area contributed by atoms with E-state index in [1.54, 1.807) is 24.3 Å². The van der Waals surface area contributed by atoms with Gasteiger partial charge in [-0.3, -0.25) is 4.79 Å². The quantitative estimate of drug-likeness (QED) is 0.824. The van der Waals surface area contributed by atoms with Gasteiger partial charge in [0.05, 0.1) is 11.5 Å². The van der Waals surface area contributed by atoms with Crippen molar-refractivity contribution in [3.05, 3.63) is 71.3 Å². The van der Waals surface area contributed by atoms with Gasteiger partial charge in [-0.25, -0.2) is 8.78 Å². The zero-order valence-corrected chi connectivity index (χ0v) is 16.3. The fourth-order valence-corrected chi connectivity index (χ4v) is 3.86. The number of hydrogen-bond donors (Lipinski definition) is 1. The van der Waals surface area contributed by atoms with Crippen molar-refractivity contribution >= 4 is 5.91 Å². The van der Waals surface area contributed by atoms with Crippen molar-refractivity contribution < 1.29 is 18.3 Å². The molecule has 1 aliphatic rings. The molecule has 1 heterocycles. The van der Waals surface area contributed by atoms with Crippen LogP contribution in [-0.2, 0) is 14.9 Å². The van der Waals surface area contributed by atoms with Crippen LogP contribution in [0, 0.1) is 11.6 Å². The average Bonchev–Trinajstić information content (AvgIpc) is 2.68.